The number of hydrogen-bond acceptors (Lipinski definition) is 25. The summed E-state index contributed by atoms with van der Waals surface area (Å²) in [5.41, 5.74) is 0. The average Bonchev–Trinajstić information content (AvgIpc) is 2.84. The molecule has 0 amide bonds. The van der Waals surface area contributed by atoms with E-state index in [1.807, 2.05) is 0 Å². The van der Waals surface area contributed by atoms with Crippen LogP contribution in [-0.4, -0.2) is 171 Å². The summed E-state index contributed by atoms with van der Waals surface area (Å²) in [7, 11) is -41.1. The van der Waals surface area contributed by atoms with Crippen molar-refractivity contribution in [2.24, 2.45) is 0 Å². The van der Waals surface area contributed by atoms with E-state index in [1.165, 1.54) is 0 Å². The first-order valence-corrected chi connectivity index (χ1v) is 21.2. The number of ether oxygens (including phenoxy) is 3. The lowest BCUT2D eigenvalue weighted by atomic mass is 9.98. The van der Waals surface area contributed by atoms with E-state index >= 15 is 0 Å². The van der Waals surface area contributed by atoms with Gasteiger partial charge in [0.25, 0.3) is 0 Å². The van der Waals surface area contributed by atoms with Crippen molar-refractivity contribution in [1.82, 2.24) is 0 Å². The first-order valence-electron chi connectivity index (χ1n) is 11.7. The highest BCUT2D eigenvalue weighted by atomic mass is 32.3. The number of aliphatic hydroxyl groups excluding tert-OH is 1. The van der Waals surface area contributed by atoms with Crippen LogP contribution in [0.2, 0.25) is 0 Å². The Morgan fingerprint density at radius 2 is 0.686 bits per heavy atom. The summed E-state index contributed by atoms with van der Waals surface area (Å²) in [4.78, 5) is 0. The zero-order valence-corrected chi connectivity index (χ0v) is 29.1. The van der Waals surface area contributed by atoms with Gasteiger partial charge in [-0.15, -0.1) is 0 Å². The SMILES string of the molecule is O=S(=O)(O)OC[C@H]1O[C@H](O[C@@H]2O[C@H](COS(=O)(=O)O)[C@H](OS(=O)(=O)O)[C@H](OS(=O)(=O)O)[C@H]2OS(=O)(=O)O)[C@H](OS(=O)(=O)O)[C@@H](OS(=O)(=O)O)[C@@H]1O. The standard InChI is InChI=1S/C12H22O32S7/c13-5-3(1-35-45(14,15)16)37-11(9(43-50(29,30)31)7(5)41-48(23,24)25)39-12-10(44-51(32,33)34)8(42-49(26,27)28)6(40-47(20,21)22)4(38-12)2-36-46(17,18)19/h3-13H,1-2H2,(H,14,15,16)(H,17,18,19)(H,20,21,22)(H,23,24,25)(H,26,27,28)(H,29,30,31)(H,32,33,34)/t3-,4-,5-,6+,7+,8+,9-,10-,11-,12+/m1/s1. The molecule has 2 aliphatic heterocycles. The fraction of sp³-hybridized carbons (Fsp3) is 1.00. The van der Waals surface area contributed by atoms with Crippen LogP contribution in [0.5, 0.6) is 0 Å². The molecule has 0 spiro atoms. The van der Waals surface area contributed by atoms with Crippen LogP contribution < -0.4 is 0 Å². The van der Waals surface area contributed by atoms with E-state index in [9.17, 15) is 86.8 Å². The van der Waals surface area contributed by atoms with Gasteiger partial charge in [0, 0.05) is 0 Å². The van der Waals surface area contributed by atoms with Gasteiger partial charge in [-0.3, -0.25) is 31.9 Å². The molecule has 2 fully saturated rings. The van der Waals surface area contributed by atoms with Crippen LogP contribution in [0.3, 0.4) is 0 Å². The molecule has 0 bridgehead atoms. The maximum atomic E-state index is 11.7. The molecule has 39 heteroatoms. The lowest BCUT2D eigenvalue weighted by Gasteiger charge is -2.46. The van der Waals surface area contributed by atoms with Gasteiger partial charge in [-0.2, -0.15) is 58.9 Å². The van der Waals surface area contributed by atoms with Gasteiger partial charge in [-0.25, -0.2) is 29.3 Å². The van der Waals surface area contributed by atoms with Crippen molar-refractivity contribution in [3.05, 3.63) is 0 Å². The van der Waals surface area contributed by atoms with Crippen molar-refractivity contribution in [2.45, 2.75) is 61.4 Å². The molecule has 0 aromatic heterocycles. The molecule has 2 rings (SSSR count). The van der Waals surface area contributed by atoms with Gasteiger partial charge in [0.1, 0.15) is 36.6 Å². The quantitative estimate of drug-likeness (QED) is 0.0593. The second kappa shape index (κ2) is 16.3. The molecule has 2 heterocycles. The van der Waals surface area contributed by atoms with Crippen molar-refractivity contribution < 1.29 is 139 Å². The molecule has 2 saturated heterocycles. The molecule has 0 saturated carbocycles. The first kappa shape index (κ1) is 46.1. The molecule has 0 aromatic rings. The fourth-order valence-electron chi connectivity index (χ4n) is 3.94. The normalized spacial score (nSPS) is 32.1. The fourth-order valence-corrected chi connectivity index (χ4v) is 7.03. The Labute approximate surface area is 286 Å². The Kier molecular flexibility index (Phi) is 14.8. The molecule has 304 valence electrons. The van der Waals surface area contributed by atoms with Gasteiger partial charge in [0.15, 0.2) is 24.8 Å². The van der Waals surface area contributed by atoms with E-state index in [4.69, 9.17) is 23.3 Å². The van der Waals surface area contributed by atoms with Crippen LogP contribution >= 0.6 is 0 Å². The van der Waals surface area contributed by atoms with Crippen molar-refractivity contribution in [3.8, 4) is 0 Å². The predicted octanol–water partition coefficient (Wildman–Crippen LogP) is -6.61. The third kappa shape index (κ3) is 16.9. The highest BCUT2D eigenvalue weighted by Crippen LogP contribution is 2.36. The van der Waals surface area contributed by atoms with Crippen LogP contribution in [0, 0.1) is 0 Å². The van der Waals surface area contributed by atoms with Gasteiger partial charge in [0.2, 0.25) is 0 Å². The molecule has 32 nitrogen and oxygen atoms in total. The Morgan fingerprint density at radius 3 is 1.06 bits per heavy atom. The molecule has 51 heavy (non-hydrogen) atoms. The number of rotatable bonds is 18. The Bertz CT molecular complexity index is 2000. The molecule has 0 unspecified atom stereocenters. The molecule has 10 atom stereocenters. The Hall–Kier alpha value is -1.07. The zero-order valence-electron chi connectivity index (χ0n) is 23.4. The minimum Gasteiger partial charge on any atom is -0.387 e. The highest BCUT2D eigenvalue weighted by Gasteiger charge is 2.58. The van der Waals surface area contributed by atoms with Crippen molar-refractivity contribution in [3.63, 3.8) is 0 Å². The number of aliphatic hydroxyl groups is 1. The summed E-state index contributed by atoms with van der Waals surface area (Å²) in [5, 5.41) is 10.5. The van der Waals surface area contributed by atoms with Crippen LogP contribution in [0.15, 0.2) is 0 Å². The molecule has 8 N–H and O–H groups in total. The van der Waals surface area contributed by atoms with Crippen LogP contribution in [-0.2, 0) is 116 Å². The third-order valence-corrected chi connectivity index (χ3v) is 8.60. The largest absolute Gasteiger partial charge is 0.397 e. The maximum Gasteiger partial charge on any atom is 0.397 e. The summed E-state index contributed by atoms with van der Waals surface area (Å²) >= 11 is 0. The van der Waals surface area contributed by atoms with Gasteiger partial charge in [0.05, 0.1) is 13.2 Å². The average molecular weight is 903 g/mol. The van der Waals surface area contributed by atoms with E-state index in [0.717, 1.165) is 0 Å². The van der Waals surface area contributed by atoms with Crippen LogP contribution in [0.4, 0.5) is 0 Å². The summed E-state index contributed by atoms with van der Waals surface area (Å²) in [5.74, 6) is 0. The highest BCUT2D eigenvalue weighted by molar-refractivity contribution is 7.82. The zero-order chi connectivity index (χ0) is 39.8. The molecule has 0 aliphatic carbocycles. The van der Waals surface area contributed by atoms with Gasteiger partial charge >= 0.3 is 72.8 Å². The predicted molar refractivity (Wildman–Crippen MR) is 142 cm³/mol. The second-order valence-electron chi connectivity index (χ2n) is 9.08. The van der Waals surface area contributed by atoms with Crippen LogP contribution in [0.1, 0.15) is 0 Å². The van der Waals surface area contributed by atoms with Gasteiger partial charge < -0.3 is 19.3 Å². The Morgan fingerprint density at radius 1 is 0.392 bits per heavy atom. The minimum atomic E-state index is -6.08. The summed E-state index contributed by atoms with van der Waals surface area (Å²) in [6, 6.07) is 0. The molecular weight excluding hydrogens is 881 g/mol. The van der Waals surface area contributed by atoms with E-state index in [2.05, 4.69) is 29.3 Å². The first-order chi connectivity index (χ1) is 22.5. The van der Waals surface area contributed by atoms with Crippen molar-refractivity contribution in [1.29, 1.82) is 0 Å². The van der Waals surface area contributed by atoms with E-state index < -0.39 is 147 Å². The monoisotopic (exact) mass is 902 g/mol. The molecule has 0 radical (unpaired) electrons. The van der Waals surface area contributed by atoms with Gasteiger partial charge in [-0.1, -0.05) is 0 Å². The topological polar surface area (TPSA) is 493 Å². The second-order valence-corrected chi connectivity index (χ2v) is 16.5. The number of hydrogen-bond donors (Lipinski definition) is 8. The van der Waals surface area contributed by atoms with E-state index in [1.54, 1.807) is 0 Å². The summed E-state index contributed by atoms with van der Waals surface area (Å²) in [6.45, 7) is -3.50. The lowest BCUT2D eigenvalue weighted by Crippen LogP contribution is -2.66. The Balaban J connectivity index is 2.86. The maximum absolute atomic E-state index is 11.7. The van der Waals surface area contributed by atoms with Crippen LogP contribution in [0.25, 0.3) is 0 Å². The van der Waals surface area contributed by atoms with Crippen molar-refractivity contribution >= 4 is 72.8 Å². The smallest absolute Gasteiger partial charge is 0.387 e. The molecule has 2 aliphatic rings. The lowest BCUT2D eigenvalue weighted by molar-refractivity contribution is -0.366. The third-order valence-electron chi connectivity index (χ3n) is 5.40. The van der Waals surface area contributed by atoms with Crippen molar-refractivity contribution in [2.75, 3.05) is 13.2 Å². The summed E-state index contributed by atoms with van der Waals surface area (Å²) < 4.78 is 268. The molecular formula is C12H22O32S7. The van der Waals surface area contributed by atoms with E-state index in [-0.39, 0.29) is 0 Å². The van der Waals surface area contributed by atoms with Gasteiger partial charge in [-0.05, 0) is 0 Å². The molecule has 0 aromatic carbocycles. The summed E-state index contributed by atoms with van der Waals surface area (Å²) in [6.07, 6.45) is -30.0. The van der Waals surface area contributed by atoms with E-state index in [0.29, 0.717) is 0 Å². The minimum absolute atomic E-state index is 1.66.